The van der Waals surface area contributed by atoms with Crippen molar-refractivity contribution >= 4 is 11.6 Å². The lowest BCUT2D eigenvalue weighted by molar-refractivity contribution is -0.142. The van der Waals surface area contributed by atoms with Crippen LogP contribution in [0.3, 0.4) is 0 Å². The third-order valence-corrected chi connectivity index (χ3v) is 4.12. The number of halogens is 3. The molecule has 9 heteroatoms. The fourth-order valence-corrected chi connectivity index (χ4v) is 2.80. The smallest absolute Gasteiger partial charge is 0.433 e. The van der Waals surface area contributed by atoms with Crippen LogP contribution in [0, 0.1) is 6.92 Å². The van der Waals surface area contributed by atoms with Crippen molar-refractivity contribution in [1.82, 2.24) is 19.5 Å². The van der Waals surface area contributed by atoms with Crippen LogP contribution in [0.25, 0.3) is 5.65 Å². The third kappa shape index (κ3) is 3.96. The van der Waals surface area contributed by atoms with Crippen LogP contribution in [-0.4, -0.2) is 31.9 Å². The average molecular weight is 380 g/mol. The zero-order valence-electron chi connectivity index (χ0n) is 15.0. The lowest BCUT2D eigenvalue weighted by atomic mass is 10.2. The molecule has 0 aliphatic carbocycles. The van der Waals surface area contributed by atoms with Gasteiger partial charge in [-0.2, -0.15) is 18.3 Å². The predicted molar refractivity (Wildman–Crippen MR) is 91.1 cm³/mol. The molecule has 0 radical (unpaired) electrons. The molecule has 0 unspecified atom stereocenters. The first-order chi connectivity index (χ1) is 12.8. The molecule has 144 valence electrons. The molecule has 0 saturated heterocycles. The fraction of sp³-hybridized carbons (Fsp3) is 0.389. The predicted octanol–water partition coefficient (Wildman–Crippen LogP) is 4.09. The summed E-state index contributed by atoms with van der Waals surface area (Å²) in [6.07, 6.45) is -0.333. The second kappa shape index (κ2) is 7.42. The molecule has 0 spiro atoms. The van der Waals surface area contributed by atoms with E-state index in [-0.39, 0.29) is 23.4 Å². The molecule has 27 heavy (non-hydrogen) atoms. The SMILES string of the molecule is CCCCN(Cc1ccco1)C(=O)c1cnn2c(C(F)(F)F)cc(C)nc12. The van der Waals surface area contributed by atoms with E-state index in [0.717, 1.165) is 25.1 Å². The Balaban J connectivity index is 2.01. The number of aryl methyl sites for hydroxylation is 1. The number of nitrogens with zero attached hydrogens (tertiary/aromatic N) is 4. The number of fused-ring (bicyclic) bond motifs is 1. The second-order valence-electron chi connectivity index (χ2n) is 6.23. The number of alkyl halides is 3. The number of rotatable bonds is 6. The zero-order chi connectivity index (χ0) is 19.6. The molecule has 3 aromatic rings. The van der Waals surface area contributed by atoms with E-state index in [9.17, 15) is 18.0 Å². The maximum Gasteiger partial charge on any atom is 0.433 e. The summed E-state index contributed by atoms with van der Waals surface area (Å²) in [6.45, 7) is 4.12. The van der Waals surface area contributed by atoms with Gasteiger partial charge in [0.1, 0.15) is 17.0 Å². The number of amides is 1. The Morgan fingerprint density at radius 2 is 2.15 bits per heavy atom. The molecule has 6 nitrogen and oxygen atoms in total. The standard InChI is InChI=1S/C18H19F3N4O2/c1-3-4-7-24(11-13-6-5-8-27-13)17(26)14-10-22-25-15(18(19,20)21)9-12(2)23-16(14)25/h5-6,8-10H,3-4,7,11H2,1-2H3. The molecule has 0 aromatic carbocycles. The molecule has 3 aromatic heterocycles. The number of hydrogen-bond donors (Lipinski definition) is 0. The lowest BCUT2D eigenvalue weighted by Gasteiger charge is -2.21. The summed E-state index contributed by atoms with van der Waals surface area (Å²) in [4.78, 5) is 18.7. The second-order valence-corrected chi connectivity index (χ2v) is 6.23. The van der Waals surface area contributed by atoms with Crippen molar-refractivity contribution in [2.24, 2.45) is 0 Å². The van der Waals surface area contributed by atoms with Gasteiger partial charge in [-0.15, -0.1) is 0 Å². The monoisotopic (exact) mass is 380 g/mol. The minimum absolute atomic E-state index is 0.0341. The number of carbonyl (C=O) groups is 1. The highest BCUT2D eigenvalue weighted by molar-refractivity contribution is 5.99. The van der Waals surface area contributed by atoms with E-state index in [4.69, 9.17) is 4.42 Å². The summed E-state index contributed by atoms with van der Waals surface area (Å²) in [7, 11) is 0. The molecular formula is C18H19F3N4O2. The van der Waals surface area contributed by atoms with Crippen molar-refractivity contribution in [3.05, 3.63) is 53.4 Å². The molecule has 0 atom stereocenters. The highest BCUT2D eigenvalue weighted by atomic mass is 19.4. The van der Waals surface area contributed by atoms with Gasteiger partial charge in [0, 0.05) is 12.2 Å². The molecule has 3 heterocycles. The topological polar surface area (TPSA) is 63.6 Å². The molecule has 1 amide bonds. The van der Waals surface area contributed by atoms with Gasteiger partial charge in [-0.3, -0.25) is 4.79 Å². The Morgan fingerprint density at radius 3 is 2.78 bits per heavy atom. The van der Waals surface area contributed by atoms with Crippen molar-refractivity contribution in [1.29, 1.82) is 0 Å². The molecule has 0 N–H and O–H groups in total. The molecule has 0 saturated carbocycles. The molecule has 3 rings (SSSR count). The zero-order valence-corrected chi connectivity index (χ0v) is 15.0. The van der Waals surface area contributed by atoms with Gasteiger partial charge in [-0.1, -0.05) is 13.3 Å². The van der Waals surface area contributed by atoms with Crippen LogP contribution < -0.4 is 0 Å². The normalized spacial score (nSPS) is 11.9. The molecule has 0 bridgehead atoms. The highest BCUT2D eigenvalue weighted by Gasteiger charge is 2.36. The van der Waals surface area contributed by atoms with Gasteiger partial charge in [-0.25, -0.2) is 9.50 Å². The van der Waals surface area contributed by atoms with Crippen molar-refractivity contribution in [2.75, 3.05) is 6.54 Å². The Morgan fingerprint density at radius 1 is 1.37 bits per heavy atom. The van der Waals surface area contributed by atoms with Gasteiger partial charge < -0.3 is 9.32 Å². The highest BCUT2D eigenvalue weighted by Crippen LogP contribution is 2.30. The molecule has 0 fully saturated rings. The van der Waals surface area contributed by atoms with Crippen LogP contribution >= 0.6 is 0 Å². The number of carbonyl (C=O) groups excluding carboxylic acids is 1. The van der Waals surface area contributed by atoms with Crippen LogP contribution in [0.5, 0.6) is 0 Å². The number of hydrogen-bond acceptors (Lipinski definition) is 4. The van der Waals surface area contributed by atoms with Gasteiger partial charge in [0.15, 0.2) is 5.65 Å². The van der Waals surface area contributed by atoms with E-state index in [0.29, 0.717) is 16.8 Å². The van der Waals surface area contributed by atoms with E-state index >= 15 is 0 Å². The fourth-order valence-electron chi connectivity index (χ4n) is 2.80. The van der Waals surface area contributed by atoms with E-state index in [1.165, 1.54) is 18.1 Å². The maximum absolute atomic E-state index is 13.3. The quantitative estimate of drug-likeness (QED) is 0.646. The summed E-state index contributed by atoms with van der Waals surface area (Å²) in [5.74, 6) is 0.164. The van der Waals surface area contributed by atoms with E-state index in [1.54, 1.807) is 12.1 Å². The first-order valence-electron chi connectivity index (χ1n) is 8.55. The Bertz CT molecular complexity index is 932. The van der Waals surface area contributed by atoms with Crippen molar-refractivity contribution in [3.8, 4) is 0 Å². The summed E-state index contributed by atoms with van der Waals surface area (Å²) in [5, 5.41) is 3.77. The summed E-state index contributed by atoms with van der Waals surface area (Å²) >= 11 is 0. The van der Waals surface area contributed by atoms with Crippen molar-refractivity contribution in [3.63, 3.8) is 0 Å². The van der Waals surface area contributed by atoms with Crippen LogP contribution in [0.2, 0.25) is 0 Å². The molecular weight excluding hydrogens is 361 g/mol. The maximum atomic E-state index is 13.3. The number of aromatic nitrogens is 3. The number of unbranched alkanes of at least 4 members (excludes halogenated alkanes) is 1. The summed E-state index contributed by atoms with van der Waals surface area (Å²) in [6, 6.07) is 4.37. The van der Waals surface area contributed by atoms with Crippen molar-refractivity contribution < 1.29 is 22.4 Å². The Labute approximate surface area is 153 Å². The van der Waals surface area contributed by atoms with Crippen LogP contribution in [-0.2, 0) is 12.7 Å². The van der Waals surface area contributed by atoms with E-state index in [2.05, 4.69) is 10.1 Å². The van der Waals surface area contributed by atoms with Gasteiger partial charge in [-0.05, 0) is 31.5 Å². The van der Waals surface area contributed by atoms with Crippen LogP contribution in [0.15, 0.2) is 35.1 Å². The lowest BCUT2D eigenvalue weighted by Crippen LogP contribution is -2.31. The first kappa shape index (κ1) is 18.9. The average Bonchev–Trinajstić information content (AvgIpc) is 3.25. The van der Waals surface area contributed by atoms with Gasteiger partial charge in [0.05, 0.1) is 19.0 Å². The first-order valence-corrected chi connectivity index (χ1v) is 8.55. The summed E-state index contributed by atoms with van der Waals surface area (Å²) < 4.78 is 45.8. The van der Waals surface area contributed by atoms with Gasteiger partial charge in [0.2, 0.25) is 0 Å². The number of furan rings is 1. The summed E-state index contributed by atoms with van der Waals surface area (Å²) in [5.41, 5.74) is -0.870. The molecule has 0 aliphatic rings. The largest absolute Gasteiger partial charge is 0.467 e. The van der Waals surface area contributed by atoms with E-state index < -0.39 is 17.8 Å². The van der Waals surface area contributed by atoms with E-state index in [1.807, 2.05) is 6.92 Å². The van der Waals surface area contributed by atoms with Crippen LogP contribution in [0.1, 0.15) is 47.3 Å². The Hall–Kier alpha value is -2.84. The minimum Gasteiger partial charge on any atom is -0.467 e. The van der Waals surface area contributed by atoms with Gasteiger partial charge in [0.25, 0.3) is 5.91 Å². The molecule has 0 aliphatic heterocycles. The minimum atomic E-state index is -4.60. The third-order valence-electron chi connectivity index (χ3n) is 4.12. The Kier molecular flexibility index (Phi) is 5.20. The van der Waals surface area contributed by atoms with Gasteiger partial charge >= 0.3 is 6.18 Å². The van der Waals surface area contributed by atoms with Crippen LogP contribution in [0.4, 0.5) is 13.2 Å². The van der Waals surface area contributed by atoms with Crippen molar-refractivity contribution in [2.45, 2.75) is 39.4 Å².